The molecule has 0 radical (unpaired) electrons. The summed E-state index contributed by atoms with van der Waals surface area (Å²) in [6.45, 7) is 8.76. The molecule has 6 heteroatoms. The fourth-order valence-corrected chi connectivity index (χ4v) is 4.40. The third kappa shape index (κ3) is 4.83. The summed E-state index contributed by atoms with van der Waals surface area (Å²) in [6.07, 6.45) is 5.06. The number of allylic oxidation sites excluding steroid dienone is 1. The zero-order chi connectivity index (χ0) is 20.7. The Morgan fingerprint density at radius 2 is 1.75 bits per heavy atom. The highest BCUT2D eigenvalue weighted by molar-refractivity contribution is 6.01. The fourth-order valence-electron chi connectivity index (χ4n) is 4.40. The lowest BCUT2D eigenvalue weighted by Gasteiger charge is -2.37. The van der Waals surface area contributed by atoms with Gasteiger partial charge in [-0.1, -0.05) is 25.8 Å². The molecule has 28 heavy (non-hydrogen) atoms. The number of Topliss-reactive ketones (excluding diaryl/α,β-unsaturated/α-hetero) is 1. The fraction of sp³-hybridized carbons (Fsp3) is 0.773. The number of ketones is 1. The van der Waals surface area contributed by atoms with Crippen molar-refractivity contribution in [3.05, 3.63) is 11.1 Å². The minimum atomic E-state index is -1.09. The Morgan fingerprint density at radius 1 is 1.11 bits per heavy atom. The first-order valence-electron chi connectivity index (χ1n) is 10.6. The number of esters is 2. The van der Waals surface area contributed by atoms with Crippen molar-refractivity contribution in [1.82, 2.24) is 0 Å². The van der Waals surface area contributed by atoms with E-state index in [0.29, 0.717) is 12.0 Å². The van der Waals surface area contributed by atoms with Crippen LogP contribution >= 0.6 is 0 Å². The number of hydrogen-bond donors (Lipinski definition) is 0. The van der Waals surface area contributed by atoms with E-state index >= 15 is 0 Å². The molecule has 1 saturated carbocycles. The van der Waals surface area contributed by atoms with Crippen LogP contribution in [0.15, 0.2) is 11.1 Å². The molecule has 0 aromatic heterocycles. The molecule has 158 valence electrons. The molecule has 0 amide bonds. The van der Waals surface area contributed by atoms with Crippen LogP contribution in [0.2, 0.25) is 0 Å². The molecule has 2 unspecified atom stereocenters. The summed E-state index contributed by atoms with van der Waals surface area (Å²) in [5.74, 6) is -2.31. The Balaban J connectivity index is 2.28. The van der Waals surface area contributed by atoms with Gasteiger partial charge in [-0.2, -0.15) is 0 Å². The first kappa shape index (κ1) is 22.6. The molecule has 0 saturated heterocycles. The molecular formula is C22H34O6. The second-order valence-corrected chi connectivity index (χ2v) is 7.81. The van der Waals surface area contributed by atoms with Crippen molar-refractivity contribution in [3.63, 3.8) is 0 Å². The molecule has 0 aromatic carbocycles. The Hall–Kier alpha value is -1.69. The van der Waals surface area contributed by atoms with Gasteiger partial charge in [0, 0.05) is 18.4 Å². The van der Waals surface area contributed by atoms with E-state index in [1.807, 2.05) is 0 Å². The normalized spacial score (nSPS) is 24.5. The zero-order valence-corrected chi connectivity index (χ0v) is 17.7. The maximum Gasteiger partial charge on any atom is 0.320 e. The summed E-state index contributed by atoms with van der Waals surface area (Å²) < 4.78 is 16.3. The third-order valence-corrected chi connectivity index (χ3v) is 6.00. The van der Waals surface area contributed by atoms with Crippen molar-refractivity contribution in [3.8, 4) is 0 Å². The maximum absolute atomic E-state index is 12.7. The van der Waals surface area contributed by atoms with Crippen LogP contribution < -0.4 is 0 Å². The summed E-state index contributed by atoms with van der Waals surface area (Å²) in [7, 11) is 0. The van der Waals surface area contributed by atoms with Gasteiger partial charge in [0.05, 0.1) is 19.3 Å². The molecule has 0 bridgehead atoms. The maximum atomic E-state index is 12.7. The molecule has 2 aliphatic carbocycles. The number of carbonyl (C=O) groups excluding carboxylic acids is 3. The van der Waals surface area contributed by atoms with Crippen LogP contribution in [0.5, 0.6) is 0 Å². The van der Waals surface area contributed by atoms with E-state index in [4.69, 9.17) is 14.2 Å². The van der Waals surface area contributed by atoms with E-state index < -0.39 is 17.9 Å². The van der Waals surface area contributed by atoms with E-state index in [-0.39, 0.29) is 36.9 Å². The van der Waals surface area contributed by atoms with Crippen LogP contribution in [-0.4, -0.2) is 43.6 Å². The number of fused-ring (bicyclic) bond motifs is 1. The van der Waals surface area contributed by atoms with E-state index in [1.165, 1.54) is 0 Å². The third-order valence-electron chi connectivity index (χ3n) is 6.00. The van der Waals surface area contributed by atoms with Crippen molar-refractivity contribution in [2.75, 3.05) is 19.8 Å². The van der Waals surface area contributed by atoms with Gasteiger partial charge in [0.2, 0.25) is 0 Å². The Kier molecular flexibility index (Phi) is 8.23. The van der Waals surface area contributed by atoms with E-state index in [9.17, 15) is 14.4 Å². The summed E-state index contributed by atoms with van der Waals surface area (Å²) in [5, 5.41) is 0. The van der Waals surface area contributed by atoms with Crippen molar-refractivity contribution in [2.45, 2.75) is 78.7 Å². The van der Waals surface area contributed by atoms with Gasteiger partial charge in [-0.15, -0.1) is 0 Å². The first-order valence-corrected chi connectivity index (χ1v) is 10.6. The molecular weight excluding hydrogens is 360 g/mol. The number of ether oxygens (including phenoxy) is 3. The second kappa shape index (κ2) is 10.2. The Bertz CT molecular complexity index is 605. The summed E-state index contributed by atoms with van der Waals surface area (Å²) in [4.78, 5) is 37.5. The van der Waals surface area contributed by atoms with Crippen LogP contribution in [0.3, 0.4) is 0 Å². The van der Waals surface area contributed by atoms with E-state index in [0.717, 1.165) is 44.3 Å². The largest absolute Gasteiger partial charge is 0.465 e. The van der Waals surface area contributed by atoms with Crippen LogP contribution in [0.1, 0.15) is 72.6 Å². The topological polar surface area (TPSA) is 78.9 Å². The molecule has 0 spiro atoms. The molecule has 0 aliphatic heterocycles. The number of rotatable bonds is 10. The number of hydrogen-bond acceptors (Lipinski definition) is 6. The minimum Gasteiger partial charge on any atom is -0.465 e. The van der Waals surface area contributed by atoms with Crippen LogP contribution in [0.25, 0.3) is 0 Å². The molecule has 2 atom stereocenters. The zero-order valence-electron chi connectivity index (χ0n) is 17.7. The summed E-state index contributed by atoms with van der Waals surface area (Å²) in [5.41, 5.74) is 1.47. The molecule has 2 rings (SSSR count). The average Bonchev–Trinajstić information content (AvgIpc) is 2.99. The van der Waals surface area contributed by atoms with Crippen LogP contribution in [0, 0.1) is 11.3 Å². The van der Waals surface area contributed by atoms with Crippen LogP contribution in [-0.2, 0) is 28.6 Å². The first-order chi connectivity index (χ1) is 13.4. The summed E-state index contributed by atoms with van der Waals surface area (Å²) >= 11 is 0. The predicted molar refractivity (Wildman–Crippen MR) is 105 cm³/mol. The van der Waals surface area contributed by atoms with Gasteiger partial charge in [-0.3, -0.25) is 14.4 Å². The van der Waals surface area contributed by atoms with Crippen LogP contribution in [0.4, 0.5) is 0 Å². The minimum absolute atomic E-state index is 0.0280. The second-order valence-electron chi connectivity index (χ2n) is 7.81. The lowest BCUT2D eigenvalue weighted by molar-refractivity contribution is -0.161. The highest BCUT2D eigenvalue weighted by Gasteiger charge is 2.49. The van der Waals surface area contributed by atoms with Crippen molar-refractivity contribution in [1.29, 1.82) is 0 Å². The average molecular weight is 395 g/mol. The monoisotopic (exact) mass is 394 g/mol. The van der Waals surface area contributed by atoms with Gasteiger partial charge < -0.3 is 14.2 Å². The Labute approximate surface area is 168 Å². The number of carbonyl (C=O) groups is 3. The molecule has 0 aromatic rings. The van der Waals surface area contributed by atoms with Gasteiger partial charge in [0.15, 0.2) is 11.7 Å². The molecule has 1 fully saturated rings. The van der Waals surface area contributed by atoms with E-state index in [1.54, 1.807) is 13.8 Å². The summed E-state index contributed by atoms with van der Waals surface area (Å²) in [6, 6.07) is 0. The smallest absolute Gasteiger partial charge is 0.320 e. The molecule has 6 nitrogen and oxygen atoms in total. The Morgan fingerprint density at radius 3 is 2.32 bits per heavy atom. The number of unbranched alkanes of at least 4 members (excludes halogenated alkanes) is 1. The van der Waals surface area contributed by atoms with Gasteiger partial charge >= 0.3 is 11.9 Å². The van der Waals surface area contributed by atoms with Crippen molar-refractivity contribution >= 4 is 17.7 Å². The lowest BCUT2D eigenvalue weighted by Crippen LogP contribution is -2.37. The van der Waals surface area contributed by atoms with Gasteiger partial charge in [0.25, 0.3) is 0 Å². The predicted octanol–water partition coefficient (Wildman–Crippen LogP) is 3.76. The van der Waals surface area contributed by atoms with Gasteiger partial charge in [-0.05, 0) is 51.5 Å². The lowest BCUT2D eigenvalue weighted by atomic mass is 9.70. The van der Waals surface area contributed by atoms with Crippen molar-refractivity contribution < 1.29 is 28.6 Å². The van der Waals surface area contributed by atoms with E-state index in [2.05, 4.69) is 13.8 Å². The quantitative estimate of drug-likeness (QED) is 0.319. The highest BCUT2D eigenvalue weighted by atomic mass is 16.6. The molecule has 2 aliphatic rings. The van der Waals surface area contributed by atoms with Gasteiger partial charge in [0.1, 0.15) is 0 Å². The van der Waals surface area contributed by atoms with Crippen molar-refractivity contribution in [2.24, 2.45) is 11.3 Å². The molecule has 0 N–H and O–H groups in total. The standard InChI is InChI=1S/C22H34O6/c1-5-8-13-28-19-10-9-17-15(18(23)11-12-22(17,19)4)14-16(20(24)26-6-2)21(25)27-7-3/h16,19H,5-14H2,1-4H3. The van der Waals surface area contributed by atoms with Gasteiger partial charge in [-0.25, -0.2) is 0 Å². The molecule has 0 heterocycles. The SMILES string of the molecule is CCCCOC1CCC2=C(CC(C(=O)OCC)C(=O)OCC)C(=O)CCC21C. The highest BCUT2D eigenvalue weighted by Crippen LogP contribution is 2.52.